The van der Waals surface area contributed by atoms with Crippen LogP contribution in [0.1, 0.15) is 17.5 Å². The summed E-state index contributed by atoms with van der Waals surface area (Å²) in [5.41, 5.74) is 7.90. The molecule has 0 saturated carbocycles. The van der Waals surface area contributed by atoms with Gasteiger partial charge in [0.1, 0.15) is 12.4 Å². The Balaban J connectivity index is 1.69. The van der Waals surface area contributed by atoms with Gasteiger partial charge in [0.15, 0.2) is 0 Å². The van der Waals surface area contributed by atoms with Gasteiger partial charge in [0.2, 0.25) is 0 Å². The Kier molecular flexibility index (Phi) is 6.13. The molecule has 170 valence electrons. The number of ether oxygens (including phenoxy) is 1. The van der Waals surface area contributed by atoms with Gasteiger partial charge >= 0.3 is 0 Å². The molecule has 2 N–H and O–H groups in total. The van der Waals surface area contributed by atoms with Crippen LogP contribution in [0.4, 0.5) is 0 Å². The Morgan fingerprint density at radius 3 is 2.88 bits per heavy atom. The first-order valence-electron chi connectivity index (χ1n) is 10.8. The first-order valence-corrected chi connectivity index (χ1v) is 11.9. The van der Waals surface area contributed by atoms with Crippen molar-refractivity contribution in [1.82, 2.24) is 15.0 Å². The zero-order valence-electron chi connectivity index (χ0n) is 18.5. The molecule has 2 aromatic carbocycles. The number of methoxy groups -OCH3 is 1. The number of para-hydroxylation sites is 1. The van der Waals surface area contributed by atoms with Gasteiger partial charge < -0.3 is 18.5 Å². The van der Waals surface area contributed by atoms with Crippen molar-refractivity contribution in [2.45, 2.75) is 13.0 Å². The van der Waals surface area contributed by atoms with Gasteiger partial charge in [-0.25, -0.2) is 5.48 Å². The number of aromatic nitrogens is 2. The van der Waals surface area contributed by atoms with Crippen LogP contribution in [-0.4, -0.2) is 42.0 Å². The van der Waals surface area contributed by atoms with Crippen LogP contribution in [0.15, 0.2) is 54.9 Å². The summed E-state index contributed by atoms with van der Waals surface area (Å²) in [6.07, 6.45) is 6.80. The molecule has 0 fully saturated rings. The molecule has 4 aromatic rings. The SMILES string of the molecule is COc1ccc2c(c1)c(C1=C(c3c[nH]c4ccccc34)C(=O)NOC1)cn2CCCOSC. The van der Waals surface area contributed by atoms with Crippen LogP contribution in [0.3, 0.4) is 0 Å². The predicted octanol–water partition coefficient (Wildman–Crippen LogP) is 4.79. The highest BCUT2D eigenvalue weighted by Gasteiger charge is 2.28. The number of rotatable bonds is 8. The molecule has 0 atom stereocenters. The largest absolute Gasteiger partial charge is 0.497 e. The number of carbonyl (C=O) groups is 1. The second-order valence-electron chi connectivity index (χ2n) is 7.78. The van der Waals surface area contributed by atoms with Crippen molar-refractivity contribution in [3.05, 3.63) is 66.0 Å². The lowest BCUT2D eigenvalue weighted by atomic mass is 9.93. The monoisotopic (exact) mass is 463 g/mol. The quantitative estimate of drug-likeness (QED) is 0.290. The van der Waals surface area contributed by atoms with E-state index >= 15 is 0 Å². The minimum atomic E-state index is -0.252. The molecule has 0 radical (unpaired) electrons. The van der Waals surface area contributed by atoms with E-state index in [1.807, 2.05) is 48.9 Å². The summed E-state index contributed by atoms with van der Waals surface area (Å²) in [6, 6.07) is 14.0. The van der Waals surface area contributed by atoms with E-state index in [9.17, 15) is 4.79 Å². The fourth-order valence-corrected chi connectivity index (χ4v) is 4.70. The van der Waals surface area contributed by atoms with E-state index in [0.717, 1.165) is 57.2 Å². The zero-order valence-corrected chi connectivity index (χ0v) is 19.3. The van der Waals surface area contributed by atoms with E-state index in [1.165, 1.54) is 12.0 Å². The lowest BCUT2D eigenvalue weighted by Crippen LogP contribution is -2.31. The van der Waals surface area contributed by atoms with E-state index in [4.69, 9.17) is 13.8 Å². The standard InChI is InChI=1S/C25H25N3O4S/c1-30-16-8-9-23-18(12-16)20(14-28(23)10-5-11-32-33-2)21-15-31-27-25(29)24(21)19-13-26-22-7-4-3-6-17(19)22/h3-4,6-9,12-14,26H,5,10-11,15H2,1-2H3,(H,27,29). The van der Waals surface area contributed by atoms with E-state index in [2.05, 4.69) is 27.3 Å². The molecule has 1 aliphatic heterocycles. The molecule has 1 aliphatic rings. The second kappa shape index (κ2) is 9.35. The minimum absolute atomic E-state index is 0.252. The highest BCUT2D eigenvalue weighted by Crippen LogP contribution is 2.38. The van der Waals surface area contributed by atoms with Gasteiger partial charge in [-0.2, -0.15) is 0 Å². The van der Waals surface area contributed by atoms with Gasteiger partial charge in [0.05, 0.1) is 19.3 Å². The summed E-state index contributed by atoms with van der Waals surface area (Å²) in [4.78, 5) is 21.8. The Morgan fingerprint density at radius 2 is 2.03 bits per heavy atom. The van der Waals surface area contributed by atoms with Crippen molar-refractivity contribution in [3.63, 3.8) is 0 Å². The number of fused-ring (bicyclic) bond motifs is 2. The molecule has 0 unspecified atom stereocenters. The smallest absolute Gasteiger partial charge is 0.275 e. The molecule has 5 rings (SSSR count). The number of amides is 1. The van der Waals surface area contributed by atoms with Crippen LogP contribution >= 0.6 is 12.0 Å². The second-order valence-corrected chi connectivity index (χ2v) is 8.35. The number of hydrogen-bond donors (Lipinski definition) is 2. The lowest BCUT2D eigenvalue weighted by Gasteiger charge is -2.20. The van der Waals surface area contributed by atoms with E-state index in [0.29, 0.717) is 12.2 Å². The molecular formula is C25H25N3O4S. The minimum Gasteiger partial charge on any atom is -0.497 e. The summed E-state index contributed by atoms with van der Waals surface area (Å²) in [5, 5.41) is 2.02. The van der Waals surface area contributed by atoms with Crippen LogP contribution in [-0.2, 0) is 20.4 Å². The maximum atomic E-state index is 13.1. The number of aryl methyl sites for hydroxylation is 1. The highest BCUT2D eigenvalue weighted by atomic mass is 32.2. The number of benzene rings is 2. The summed E-state index contributed by atoms with van der Waals surface area (Å²) in [6.45, 7) is 1.74. The molecule has 7 nitrogen and oxygen atoms in total. The molecule has 33 heavy (non-hydrogen) atoms. The summed E-state index contributed by atoms with van der Waals surface area (Å²) in [5.74, 6) is 0.515. The van der Waals surface area contributed by atoms with Gasteiger partial charge in [-0.3, -0.25) is 9.63 Å². The van der Waals surface area contributed by atoms with Crippen LogP contribution < -0.4 is 10.2 Å². The van der Waals surface area contributed by atoms with Crippen LogP contribution in [0.25, 0.3) is 33.0 Å². The third kappa shape index (κ3) is 4.01. The number of H-pyrrole nitrogens is 1. The number of hydroxylamine groups is 1. The maximum absolute atomic E-state index is 13.1. The van der Waals surface area contributed by atoms with Gasteiger partial charge in [0.25, 0.3) is 5.91 Å². The van der Waals surface area contributed by atoms with Crippen LogP contribution in [0.5, 0.6) is 5.75 Å². The normalized spacial score (nSPS) is 14.3. The maximum Gasteiger partial charge on any atom is 0.275 e. The first kappa shape index (κ1) is 21.6. The van der Waals surface area contributed by atoms with Crippen molar-refractivity contribution in [2.24, 2.45) is 0 Å². The Hall–Kier alpha value is -3.20. The molecule has 0 bridgehead atoms. The molecule has 8 heteroatoms. The van der Waals surface area contributed by atoms with Crippen molar-refractivity contribution < 1.29 is 18.6 Å². The lowest BCUT2D eigenvalue weighted by molar-refractivity contribution is -0.127. The first-order chi connectivity index (χ1) is 16.2. The van der Waals surface area contributed by atoms with E-state index in [1.54, 1.807) is 7.11 Å². The van der Waals surface area contributed by atoms with Crippen LogP contribution in [0, 0.1) is 0 Å². The summed E-state index contributed by atoms with van der Waals surface area (Å²) in [7, 11) is 1.66. The Labute approximate surface area is 195 Å². The fourth-order valence-electron chi connectivity index (χ4n) is 4.42. The zero-order chi connectivity index (χ0) is 22.8. The van der Waals surface area contributed by atoms with Gasteiger partial charge in [-0.1, -0.05) is 18.2 Å². The average Bonchev–Trinajstić information content (AvgIpc) is 3.43. The highest BCUT2D eigenvalue weighted by molar-refractivity contribution is 7.93. The summed E-state index contributed by atoms with van der Waals surface area (Å²) >= 11 is 1.38. The molecule has 3 heterocycles. The molecule has 2 aromatic heterocycles. The topological polar surface area (TPSA) is 77.5 Å². The van der Waals surface area contributed by atoms with Crippen molar-refractivity contribution in [3.8, 4) is 5.75 Å². The van der Waals surface area contributed by atoms with E-state index in [-0.39, 0.29) is 12.5 Å². The fraction of sp³-hybridized carbons (Fsp3) is 0.240. The number of nitrogens with one attached hydrogen (secondary N) is 2. The average molecular weight is 464 g/mol. The molecule has 1 amide bonds. The third-order valence-corrected chi connectivity index (χ3v) is 6.33. The van der Waals surface area contributed by atoms with Crippen molar-refractivity contribution >= 4 is 50.9 Å². The van der Waals surface area contributed by atoms with Crippen LogP contribution in [0.2, 0.25) is 0 Å². The van der Waals surface area contributed by atoms with Gasteiger partial charge in [-0.05, 0) is 42.7 Å². The van der Waals surface area contributed by atoms with Gasteiger partial charge in [-0.15, -0.1) is 0 Å². The number of nitrogens with zero attached hydrogens (tertiary/aromatic N) is 1. The Morgan fingerprint density at radius 1 is 1.15 bits per heavy atom. The van der Waals surface area contributed by atoms with Crippen molar-refractivity contribution in [1.29, 1.82) is 0 Å². The molecule has 0 saturated heterocycles. The Bertz CT molecular complexity index is 1350. The predicted molar refractivity (Wildman–Crippen MR) is 132 cm³/mol. The number of hydrogen-bond acceptors (Lipinski definition) is 5. The molecule has 0 spiro atoms. The van der Waals surface area contributed by atoms with Crippen molar-refractivity contribution in [2.75, 3.05) is 26.6 Å². The molecular weight excluding hydrogens is 438 g/mol. The summed E-state index contributed by atoms with van der Waals surface area (Å²) < 4.78 is 13.2. The van der Waals surface area contributed by atoms with E-state index < -0.39 is 0 Å². The number of carbonyl (C=O) groups excluding carboxylic acids is 1. The number of aromatic amines is 1. The van der Waals surface area contributed by atoms with Gasteiger partial charge in [0, 0.05) is 63.7 Å². The third-order valence-electron chi connectivity index (χ3n) is 5.93. The molecule has 0 aliphatic carbocycles.